The minimum atomic E-state index is -0.821. The van der Waals surface area contributed by atoms with Gasteiger partial charge < -0.3 is 19.5 Å². The van der Waals surface area contributed by atoms with Crippen molar-refractivity contribution >= 4 is 11.9 Å². The second-order valence-electron chi connectivity index (χ2n) is 6.27. The third-order valence-electron chi connectivity index (χ3n) is 3.87. The molecule has 0 saturated carbocycles. The Bertz CT molecular complexity index is 773. The smallest absolute Gasteiger partial charge is 0.329 e. The van der Waals surface area contributed by atoms with Crippen LogP contribution in [-0.4, -0.2) is 38.2 Å². The number of amides is 1. The summed E-state index contributed by atoms with van der Waals surface area (Å²) in [6, 6.07) is 13.3. The molecule has 0 unspecified atom stereocenters. The summed E-state index contributed by atoms with van der Waals surface area (Å²) >= 11 is 0. The minimum Gasteiger partial charge on any atom is -0.493 e. The second-order valence-corrected chi connectivity index (χ2v) is 6.27. The van der Waals surface area contributed by atoms with Crippen LogP contribution in [0.15, 0.2) is 48.5 Å². The van der Waals surface area contributed by atoms with E-state index in [9.17, 15) is 9.59 Å². The lowest BCUT2D eigenvalue weighted by Gasteiger charge is -2.20. The molecule has 1 atom stereocenters. The van der Waals surface area contributed by atoms with Gasteiger partial charge in [0.15, 0.2) is 11.5 Å². The third-order valence-corrected chi connectivity index (χ3v) is 3.87. The average Bonchev–Trinajstić information content (AvgIpc) is 2.67. The van der Waals surface area contributed by atoms with Gasteiger partial charge in [0.1, 0.15) is 6.04 Å². The maximum absolute atomic E-state index is 12.5. The molecular weight excluding hydrogens is 346 g/mol. The van der Waals surface area contributed by atoms with E-state index >= 15 is 0 Å². The van der Waals surface area contributed by atoms with Gasteiger partial charge in [-0.15, -0.1) is 0 Å². The molecule has 0 fully saturated rings. The Morgan fingerprint density at radius 2 is 1.63 bits per heavy atom. The van der Waals surface area contributed by atoms with Crippen LogP contribution >= 0.6 is 0 Å². The number of benzene rings is 2. The van der Waals surface area contributed by atoms with Crippen LogP contribution in [0.5, 0.6) is 11.5 Å². The summed E-state index contributed by atoms with van der Waals surface area (Å²) in [7, 11) is 3.10. The molecule has 2 aromatic carbocycles. The Labute approximate surface area is 159 Å². The zero-order chi connectivity index (χ0) is 19.8. The Hall–Kier alpha value is -3.02. The SMILES string of the molecule is COc1ccc(C[C@H](NC(=O)c2ccccc2)C(=O)OC(C)C)cc1OC. The number of carbonyl (C=O) groups excluding carboxylic acids is 2. The van der Waals surface area contributed by atoms with Gasteiger partial charge in [-0.1, -0.05) is 24.3 Å². The quantitative estimate of drug-likeness (QED) is 0.722. The van der Waals surface area contributed by atoms with Crippen molar-refractivity contribution < 1.29 is 23.8 Å². The number of carbonyl (C=O) groups is 2. The van der Waals surface area contributed by atoms with Crippen molar-refractivity contribution in [3.05, 3.63) is 59.7 Å². The number of methoxy groups -OCH3 is 2. The van der Waals surface area contributed by atoms with Gasteiger partial charge in [0.2, 0.25) is 0 Å². The van der Waals surface area contributed by atoms with Gasteiger partial charge in [-0.3, -0.25) is 4.79 Å². The molecule has 0 radical (unpaired) electrons. The topological polar surface area (TPSA) is 73.9 Å². The first-order valence-electron chi connectivity index (χ1n) is 8.72. The zero-order valence-electron chi connectivity index (χ0n) is 16.0. The monoisotopic (exact) mass is 371 g/mol. The maximum atomic E-state index is 12.5. The molecule has 0 aliphatic carbocycles. The van der Waals surface area contributed by atoms with Gasteiger partial charge in [0, 0.05) is 12.0 Å². The number of esters is 1. The van der Waals surface area contributed by atoms with Gasteiger partial charge >= 0.3 is 5.97 Å². The zero-order valence-corrected chi connectivity index (χ0v) is 16.0. The second kappa shape index (κ2) is 9.62. The Balaban J connectivity index is 2.22. The summed E-state index contributed by atoms with van der Waals surface area (Å²) in [5, 5.41) is 2.77. The molecule has 1 amide bonds. The predicted octanol–water partition coefficient (Wildman–Crippen LogP) is 3.00. The summed E-state index contributed by atoms with van der Waals surface area (Å²) < 4.78 is 15.9. The van der Waals surface area contributed by atoms with E-state index in [-0.39, 0.29) is 18.4 Å². The number of hydrogen-bond acceptors (Lipinski definition) is 5. The van der Waals surface area contributed by atoms with Crippen LogP contribution in [0.4, 0.5) is 0 Å². The lowest BCUT2D eigenvalue weighted by atomic mass is 10.0. The van der Waals surface area contributed by atoms with Crippen molar-refractivity contribution in [1.82, 2.24) is 5.32 Å². The summed E-state index contributed by atoms with van der Waals surface area (Å²) in [4.78, 5) is 25.0. The van der Waals surface area contributed by atoms with E-state index in [4.69, 9.17) is 14.2 Å². The van der Waals surface area contributed by atoms with Gasteiger partial charge in [0.05, 0.1) is 20.3 Å². The van der Waals surface area contributed by atoms with E-state index in [0.29, 0.717) is 17.1 Å². The first-order valence-corrected chi connectivity index (χ1v) is 8.72. The molecular formula is C21H25NO5. The third kappa shape index (κ3) is 5.74. The van der Waals surface area contributed by atoms with E-state index in [1.165, 1.54) is 0 Å². The minimum absolute atomic E-state index is 0.268. The number of nitrogens with one attached hydrogen (secondary N) is 1. The molecule has 0 aromatic heterocycles. The normalized spacial score (nSPS) is 11.6. The molecule has 6 heteroatoms. The fourth-order valence-corrected chi connectivity index (χ4v) is 2.58. The molecule has 144 valence electrons. The number of hydrogen-bond donors (Lipinski definition) is 1. The summed E-state index contributed by atoms with van der Waals surface area (Å²) in [6.07, 6.45) is -0.0103. The Morgan fingerprint density at radius 1 is 0.963 bits per heavy atom. The van der Waals surface area contributed by atoms with Crippen LogP contribution in [0.1, 0.15) is 29.8 Å². The van der Waals surface area contributed by atoms with Crippen LogP contribution in [-0.2, 0) is 16.0 Å². The van der Waals surface area contributed by atoms with E-state index in [2.05, 4.69) is 5.32 Å². The lowest BCUT2D eigenvalue weighted by molar-refractivity contribution is -0.149. The van der Waals surface area contributed by atoms with Crippen LogP contribution in [0.2, 0.25) is 0 Å². The first kappa shape index (κ1) is 20.3. The van der Waals surface area contributed by atoms with Gasteiger partial charge in [0.25, 0.3) is 5.91 Å². The fourth-order valence-electron chi connectivity index (χ4n) is 2.58. The molecule has 0 aliphatic rings. The largest absolute Gasteiger partial charge is 0.493 e. The van der Waals surface area contributed by atoms with Crippen molar-refractivity contribution in [2.75, 3.05) is 14.2 Å². The van der Waals surface area contributed by atoms with E-state index in [0.717, 1.165) is 5.56 Å². The van der Waals surface area contributed by atoms with E-state index in [1.54, 1.807) is 64.5 Å². The fraction of sp³-hybridized carbons (Fsp3) is 0.333. The predicted molar refractivity (Wildman–Crippen MR) is 102 cm³/mol. The summed E-state index contributed by atoms with van der Waals surface area (Å²) in [5.41, 5.74) is 1.29. The molecule has 0 bridgehead atoms. The number of ether oxygens (including phenoxy) is 3. The lowest BCUT2D eigenvalue weighted by Crippen LogP contribution is -2.44. The Morgan fingerprint density at radius 3 is 2.22 bits per heavy atom. The molecule has 0 aliphatic heterocycles. The van der Waals surface area contributed by atoms with Crippen molar-refractivity contribution in [3.8, 4) is 11.5 Å². The van der Waals surface area contributed by atoms with Gasteiger partial charge in [-0.25, -0.2) is 4.79 Å². The van der Waals surface area contributed by atoms with Crippen molar-refractivity contribution in [2.24, 2.45) is 0 Å². The van der Waals surface area contributed by atoms with Crippen LogP contribution in [0.25, 0.3) is 0 Å². The van der Waals surface area contributed by atoms with Crippen LogP contribution in [0.3, 0.4) is 0 Å². The molecule has 0 heterocycles. The molecule has 2 rings (SSSR count). The molecule has 0 saturated heterocycles. The highest BCUT2D eigenvalue weighted by Gasteiger charge is 2.24. The molecule has 27 heavy (non-hydrogen) atoms. The first-order chi connectivity index (χ1) is 12.9. The standard InChI is InChI=1S/C21H25NO5/c1-14(2)27-21(24)17(22-20(23)16-8-6-5-7-9-16)12-15-10-11-18(25-3)19(13-15)26-4/h5-11,13-14,17H,12H2,1-4H3,(H,22,23)/t17-/m0/s1. The van der Waals surface area contributed by atoms with Gasteiger partial charge in [-0.05, 0) is 43.7 Å². The van der Waals surface area contributed by atoms with Crippen LogP contribution < -0.4 is 14.8 Å². The maximum Gasteiger partial charge on any atom is 0.329 e. The van der Waals surface area contributed by atoms with Crippen molar-refractivity contribution in [1.29, 1.82) is 0 Å². The van der Waals surface area contributed by atoms with Gasteiger partial charge in [-0.2, -0.15) is 0 Å². The molecule has 2 aromatic rings. The van der Waals surface area contributed by atoms with Crippen molar-refractivity contribution in [2.45, 2.75) is 32.4 Å². The molecule has 0 spiro atoms. The summed E-state index contributed by atoms with van der Waals surface area (Å²) in [5.74, 6) is 0.335. The highest BCUT2D eigenvalue weighted by molar-refractivity contribution is 5.96. The number of rotatable bonds is 8. The van der Waals surface area contributed by atoms with Crippen molar-refractivity contribution in [3.63, 3.8) is 0 Å². The molecule has 6 nitrogen and oxygen atoms in total. The highest BCUT2D eigenvalue weighted by atomic mass is 16.5. The molecule has 1 N–H and O–H groups in total. The van der Waals surface area contributed by atoms with Crippen LogP contribution in [0, 0.1) is 0 Å². The average molecular weight is 371 g/mol. The summed E-state index contributed by atoms with van der Waals surface area (Å²) in [6.45, 7) is 3.54. The van der Waals surface area contributed by atoms with E-state index < -0.39 is 12.0 Å². The Kier molecular flexibility index (Phi) is 7.23. The van der Waals surface area contributed by atoms with E-state index in [1.807, 2.05) is 12.1 Å². The highest BCUT2D eigenvalue weighted by Crippen LogP contribution is 2.28.